The van der Waals surface area contributed by atoms with Crippen LogP contribution in [-0.2, 0) is 0 Å². The van der Waals surface area contributed by atoms with Gasteiger partial charge in [-0.25, -0.2) is 0 Å². The Morgan fingerprint density at radius 1 is 1.10 bits per heavy atom. The molecule has 0 amide bonds. The Balaban J connectivity index is 0.000000992. The average Bonchev–Trinajstić information content (AvgIpc) is 3.27. The summed E-state index contributed by atoms with van der Waals surface area (Å²) < 4.78 is 0. The number of aliphatic imine (C=N–C) groups is 1. The van der Waals surface area contributed by atoms with E-state index in [0.717, 1.165) is 50.1 Å². The molecule has 0 aliphatic heterocycles. The molecule has 0 aromatic carbocycles. The maximum absolute atomic E-state index is 8.42. The Morgan fingerprint density at radius 3 is 2.36 bits per heavy atom. The van der Waals surface area contributed by atoms with Gasteiger partial charge in [-0.05, 0) is 127 Å². The van der Waals surface area contributed by atoms with Crippen molar-refractivity contribution in [2.45, 2.75) is 112 Å². The van der Waals surface area contributed by atoms with Crippen molar-refractivity contribution in [3.8, 4) is 0 Å². The van der Waals surface area contributed by atoms with Gasteiger partial charge < -0.3 is 15.7 Å². The Hall–Kier alpha value is -1.23. The first-order valence-corrected chi connectivity index (χ1v) is 16.0. The molecule has 4 heteroatoms. The van der Waals surface area contributed by atoms with E-state index in [1.807, 2.05) is 27.2 Å². The van der Waals surface area contributed by atoms with E-state index in [-0.39, 0.29) is 1.43 Å². The molecular formula is C35H67N3O. The van der Waals surface area contributed by atoms with E-state index in [1.165, 1.54) is 62.7 Å². The van der Waals surface area contributed by atoms with E-state index in [2.05, 4.69) is 64.5 Å². The minimum Gasteiger partial charge on any atom is -0.396 e. The van der Waals surface area contributed by atoms with Crippen LogP contribution >= 0.6 is 0 Å². The van der Waals surface area contributed by atoms with E-state index in [1.54, 1.807) is 5.57 Å². The first-order valence-electron chi connectivity index (χ1n) is 16.0. The third-order valence-corrected chi connectivity index (χ3v) is 10.3. The molecule has 0 aromatic heterocycles. The number of aliphatic hydroxyl groups excluding tert-OH is 1. The van der Waals surface area contributed by atoms with Crippen molar-refractivity contribution in [1.29, 1.82) is 0 Å². The maximum Gasteiger partial charge on any atom is 0.0881 e. The third-order valence-electron chi connectivity index (χ3n) is 10.3. The number of unbranched alkanes of at least 4 members (excludes halogenated alkanes) is 1. The fourth-order valence-corrected chi connectivity index (χ4v) is 8.27. The Kier molecular flexibility index (Phi) is 16.8. The van der Waals surface area contributed by atoms with Crippen LogP contribution in [0.4, 0.5) is 0 Å². The van der Waals surface area contributed by atoms with Crippen LogP contribution in [-0.4, -0.2) is 45.2 Å². The average molecular weight is 546 g/mol. The first kappa shape index (κ1) is 35.8. The number of aliphatic hydroxyl groups is 1. The summed E-state index contributed by atoms with van der Waals surface area (Å²) in [4.78, 5) is 4.84. The number of fused-ring (bicyclic) bond motifs is 3. The second-order valence-electron chi connectivity index (χ2n) is 12.8. The van der Waals surface area contributed by atoms with Gasteiger partial charge in [-0.15, -0.1) is 0 Å². The van der Waals surface area contributed by atoms with Crippen LogP contribution in [0, 0.1) is 34.5 Å². The Bertz CT molecular complexity index is 794. The largest absolute Gasteiger partial charge is 0.396 e. The third kappa shape index (κ3) is 9.40. The molecule has 3 aliphatic rings. The van der Waals surface area contributed by atoms with Gasteiger partial charge in [-0.1, -0.05) is 70.6 Å². The molecule has 39 heavy (non-hydrogen) atoms. The highest BCUT2D eigenvalue weighted by Crippen LogP contribution is 2.66. The predicted octanol–water partition coefficient (Wildman–Crippen LogP) is 8.59. The monoisotopic (exact) mass is 546 g/mol. The normalized spacial score (nSPS) is 32.7. The molecule has 0 bridgehead atoms. The van der Waals surface area contributed by atoms with Gasteiger partial charge in [-0.2, -0.15) is 0 Å². The SMILES string of the molecule is C=C(CC)CCCCO.C=C/C=C1/CCC2C(CCC3(C)C(/C(C)=N/CNC)CCC23)C1(C)CCC.CNC.[HH]. The molecule has 3 saturated carbocycles. The molecule has 4 nitrogen and oxygen atoms in total. The molecule has 0 spiro atoms. The summed E-state index contributed by atoms with van der Waals surface area (Å²) >= 11 is 0. The van der Waals surface area contributed by atoms with Crippen LogP contribution in [0.2, 0.25) is 0 Å². The summed E-state index contributed by atoms with van der Waals surface area (Å²) in [5, 5.41) is 14.4. The zero-order chi connectivity index (χ0) is 29.5. The molecule has 6 atom stereocenters. The number of hydrogen-bond donors (Lipinski definition) is 3. The van der Waals surface area contributed by atoms with Gasteiger partial charge in [0.2, 0.25) is 0 Å². The summed E-state index contributed by atoms with van der Waals surface area (Å²) in [5.41, 5.74) is 5.23. The van der Waals surface area contributed by atoms with Crippen molar-refractivity contribution in [2.75, 3.05) is 34.4 Å². The number of allylic oxidation sites excluding steroid dienone is 4. The maximum atomic E-state index is 8.42. The zero-order valence-electron chi connectivity index (χ0n) is 27.2. The minimum atomic E-state index is 0. The number of nitrogens with one attached hydrogen (secondary N) is 2. The lowest BCUT2D eigenvalue weighted by molar-refractivity contribution is -0.0408. The van der Waals surface area contributed by atoms with Crippen molar-refractivity contribution in [1.82, 2.24) is 10.6 Å². The van der Waals surface area contributed by atoms with Crippen molar-refractivity contribution in [2.24, 2.45) is 39.5 Å². The molecule has 3 rings (SSSR count). The van der Waals surface area contributed by atoms with Crippen molar-refractivity contribution in [3.05, 3.63) is 36.5 Å². The lowest BCUT2D eigenvalue weighted by Crippen LogP contribution is -2.50. The van der Waals surface area contributed by atoms with E-state index in [4.69, 9.17) is 10.1 Å². The molecule has 0 saturated heterocycles. The molecule has 228 valence electrons. The van der Waals surface area contributed by atoms with Gasteiger partial charge in [0.25, 0.3) is 0 Å². The van der Waals surface area contributed by atoms with Crippen molar-refractivity contribution < 1.29 is 6.53 Å². The van der Waals surface area contributed by atoms with Gasteiger partial charge in [0.1, 0.15) is 0 Å². The zero-order valence-corrected chi connectivity index (χ0v) is 27.2. The number of nitrogens with zero attached hydrogens (tertiary/aromatic N) is 1. The highest BCUT2D eigenvalue weighted by Gasteiger charge is 2.58. The molecule has 3 N–H and O–H groups in total. The number of hydrogen-bond acceptors (Lipinski definition) is 4. The van der Waals surface area contributed by atoms with Gasteiger partial charge in [-0.3, -0.25) is 4.99 Å². The van der Waals surface area contributed by atoms with Gasteiger partial charge in [0.05, 0.1) is 6.67 Å². The van der Waals surface area contributed by atoms with Crippen LogP contribution in [0.5, 0.6) is 0 Å². The standard InChI is InChI=1S/C25H42N2.C8H16O.C2H7N.H2/c1-7-9-19-10-11-20-22-13-12-21(18(3)27-17-26-6)25(22,5)16-14-23(20)24(19,4)15-8-2;1-3-8(2)6-4-5-7-9;1-3-2;/h7,9,20-23,26H,1,8,10-17H2,2-6H3;9H,2-7H2,1H3;3H,1-2H3;1H/b19-9-,27-18+;;;. The smallest absolute Gasteiger partial charge is 0.0881 e. The van der Waals surface area contributed by atoms with E-state index in [9.17, 15) is 0 Å². The van der Waals surface area contributed by atoms with E-state index < -0.39 is 0 Å². The van der Waals surface area contributed by atoms with E-state index in [0.29, 0.717) is 23.4 Å². The van der Waals surface area contributed by atoms with Gasteiger partial charge in [0, 0.05) is 19.7 Å². The highest BCUT2D eigenvalue weighted by atomic mass is 16.2. The van der Waals surface area contributed by atoms with Crippen molar-refractivity contribution in [3.63, 3.8) is 0 Å². The summed E-state index contributed by atoms with van der Waals surface area (Å²) in [6.45, 7) is 20.9. The number of rotatable bonds is 11. The Labute approximate surface area is 244 Å². The fraction of sp³-hybridized carbons (Fsp3) is 0.800. The Morgan fingerprint density at radius 2 is 1.79 bits per heavy atom. The molecule has 0 aromatic rings. The summed E-state index contributed by atoms with van der Waals surface area (Å²) in [5.74, 6) is 3.36. The fourth-order valence-electron chi connectivity index (χ4n) is 8.27. The first-order chi connectivity index (χ1) is 18.6. The molecule has 6 unspecified atom stereocenters. The van der Waals surface area contributed by atoms with Crippen LogP contribution in [0.25, 0.3) is 0 Å². The molecule has 3 fully saturated rings. The predicted molar refractivity (Wildman–Crippen MR) is 176 cm³/mol. The second kappa shape index (κ2) is 18.3. The van der Waals surface area contributed by atoms with Crippen LogP contribution < -0.4 is 10.6 Å². The lowest BCUT2D eigenvalue weighted by Gasteiger charge is -2.57. The summed E-state index contributed by atoms with van der Waals surface area (Å²) in [6.07, 6.45) is 19.4. The molecule has 0 radical (unpaired) electrons. The topological polar surface area (TPSA) is 56.7 Å². The summed E-state index contributed by atoms with van der Waals surface area (Å²) in [7, 11) is 5.74. The highest BCUT2D eigenvalue weighted by molar-refractivity contribution is 5.85. The minimum absolute atomic E-state index is 0. The quantitative estimate of drug-likeness (QED) is 0.138. The summed E-state index contributed by atoms with van der Waals surface area (Å²) in [6, 6.07) is 0. The van der Waals surface area contributed by atoms with Gasteiger partial charge >= 0.3 is 0 Å². The second-order valence-corrected chi connectivity index (χ2v) is 12.8. The van der Waals surface area contributed by atoms with E-state index >= 15 is 0 Å². The molecule has 3 aliphatic carbocycles. The van der Waals surface area contributed by atoms with Crippen LogP contribution in [0.1, 0.15) is 113 Å². The van der Waals surface area contributed by atoms with Crippen LogP contribution in [0.15, 0.2) is 41.4 Å². The van der Waals surface area contributed by atoms with Crippen LogP contribution in [0.3, 0.4) is 0 Å². The molecule has 0 heterocycles. The molecular weight excluding hydrogens is 478 g/mol. The lowest BCUT2D eigenvalue weighted by atomic mass is 9.47. The van der Waals surface area contributed by atoms with Crippen molar-refractivity contribution >= 4 is 5.71 Å². The van der Waals surface area contributed by atoms with Gasteiger partial charge in [0.15, 0.2) is 0 Å².